The van der Waals surface area contributed by atoms with E-state index in [0.29, 0.717) is 42.5 Å². The van der Waals surface area contributed by atoms with Gasteiger partial charge in [-0.2, -0.15) is 4.72 Å². The van der Waals surface area contributed by atoms with Gasteiger partial charge in [-0.3, -0.25) is 9.59 Å². The molecule has 10 nitrogen and oxygen atoms in total. The Labute approximate surface area is 241 Å². The number of sulfonamides is 1. The Kier molecular flexibility index (Phi) is 10.5. The van der Waals surface area contributed by atoms with Crippen molar-refractivity contribution >= 4 is 60.7 Å². The lowest BCUT2D eigenvalue weighted by Crippen LogP contribution is -2.45. The Morgan fingerprint density at radius 1 is 1.15 bits per heavy atom. The fourth-order valence-electron chi connectivity index (χ4n) is 3.61. The van der Waals surface area contributed by atoms with E-state index >= 15 is 0 Å². The Hall–Kier alpha value is -2.48. The first-order valence-electron chi connectivity index (χ1n) is 12.4. The summed E-state index contributed by atoms with van der Waals surface area (Å²) in [4.78, 5) is 33.9. The van der Waals surface area contributed by atoms with E-state index in [4.69, 9.17) is 9.47 Å². The van der Waals surface area contributed by atoms with E-state index in [1.54, 1.807) is 46.8 Å². The van der Waals surface area contributed by atoms with Crippen LogP contribution in [0.2, 0.25) is 0 Å². The summed E-state index contributed by atoms with van der Waals surface area (Å²) in [6.45, 7) is 9.62. The van der Waals surface area contributed by atoms with E-state index in [2.05, 4.69) is 30.6 Å². The van der Waals surface area contributed by atoms with Gasteiger partial charge in [-0.1, -0.05) is 15.9 Å². The number of fused-ring (bicyclic) bond motifs is 1. The minimum absolute atomic E-state index is 0.0319. The molecule has 1 atom stereocenters. The maximum Gasteiger partial charge on any atom is 0.325 e. The molecule has 1 N–H and O–H groups in total. The molecule has 0 aliphatic rings. The second-order valence-corrected chi connectivity index (χ2v) is 13.3. The van der Waals surface area contributed by atoms with Gasteiger partial charge in [0.05, 0.1) is 16.9 Å². The molecule has 39 heavy (non-hydrogen) atoms. The molecule has 13 heteroatoms. The van der Waals surface area contributed by atoms with Gasteiger partial charge in [0.1, 0.15) is 28.1 Å². The molecule has 0 saturated carbocycles. The number of hydrogen-bond acceptors (Lipinski definition) is 9. The molecule has 0 aliphatic carbocycles. The Morgan fingerprint density at radius 2 is 1.85 bits per heavy atom. The van der Waals surface area contributed by atoms with Gasteiger partial charge in [0.25, 0.3) is 0 Å². The van der Waals surface area contributed by atoms with Crippen LogP contribution >= 0.6 is 27.7 Å². The lowest BCUT2D eigenvalue weighted by molar-refractivity contribution is -0.156. The third-order valence-electron chi connectivity index (χ3n) is 5.28. The molecule has 1 aromatic carbocycles. The predicted molar refractivity (Wildman–Crippen MR) is 153 cm³/mol. The third-order valence-corrected chi connectivity index (χ3v) is 8.38. The van der Waals surface area contributed by atoms with Crippen LogP contribution in [0.25, 0.3) is 11.0 Å². The first-order valence-corrected chi connectivity index (χ1v) is 15.7. The van der Waals surface area contributed by atoms with Gasteiger partial charge in [0.15, 0.2) is 0 Å². The number of benzene rings is 1. The maximum absolute atomic E-state index is 13.1. The summed E-state index contributed by atoms with van der Waals surface area (Å²) >= 11 is 4.54. The standard InChI is InChI=1S/C26H33BrN4O6S2/c1-6-36-22(32)8-7-14-31-15-13-20-23(31)28-17(2)29-24(20)38-16-21(25(33)37-26(3,4)5)30-39(34,35)19-11-9-18(27)10-12-19/h9-13,15,21,30H,6-8,14,16H2,1-5H3/t21-/m0/s1. The fraction of sp³-hybridized carbons (Fsp3) is 0.462. The Morgan fingerprint density at radius 3 is 2.49 bits per heavy atom. The van der Waals surface area contributed by atoms with Crippen molar-refractivity contribution < 1.29 is 27.5 Å². The van der Waals surface area contributed by atoms with Crippen molar-refractivity contribution in [1.29, 1.82) is 0 Å². The first kappa shape index (κ1) is 31.1. The summed E-state index contributed by atoms with van der Waals surface area (Å²) in [5.41, 5.74) is -0.110. The van der Waals surface area contributed by atoms with Crippen molar-refractivity contribution in [3.63, 3.8) is 0 Å². The van der Waals surface area contributed by atoms with Crippen molar-refractivity contribution in [3.8, 4) is 0 Å². The second kappa shape index (κ2) is 13.2. The van der Waals surface area contributed by atoms with Crippen LogP contribution < -0.4 is 4.72 Å². The number of halogens is 1. The molecule has 0 aliphatic heterocycles. The van der Waals surface area contributed by atoms with Crippen LogP contribution in [0.5, 0.6) is 0 Å². The van der Waals surface area contributed by atoms with Gasteiger partial charge < -0.3 is 14.0 Å². The topological polar surface area (TPSA) is 129 Å². The first-order chi connectivity index (χ1) is 18.3. The SMILES string of the molecule is CCOC(=O)CCCn1ccc2c(SC[C@H](NS(=O)(=O)c3ccc(Br)cc3)C(=O)OC(C)(C)C)nc(C)nc21. The number of aryl methyl sites for hydroxylation is 2. The summed E-state index contributed by atoms with van der Waals surface area (Å²) in [6.07, 6.45) is 2.76. The molecule has 0 spiro atoms. The third kappa shape index (κ3) is 9.02. The largest absolute Gasteiger partial charge is 0.466 e. The highest BCUT2D eigenvalue weighted by Crippen LogP contribution is 2.28. The number of hydrogen-bond donors (Lipinski definition) is 1. The number of aromatic nitrogens is 3. The molecular formula is C26H33BrN4O6S2. The van der Waals surface area contributed by atoms with Crippen LogP contribution in [0.3, 0.4) is 0 Å². The molecule has 3 aromatic rings. The highest BCUT2D eigenvalue weighted by molar-refractivity contribution is 9.10. The number of ether oxygens (including phenoxy) is 2. The molecule has 212 valence electrons. The van der Waals surface area contributed by atoms with Crippen LogP contribution in [0.1, 0.15) is 46.4 Å². The molecule has 3 rings (SSSR count). The molecular weight excluding hydrogens is 608 g/mol. The molecule has 0 radical (unpaired) electrons. The number of rotatable bonds is 12. The second-order valence-electron chi connectivity index (χ2n) is 9.70. The molecule has 0 fully saturated rings. The zero-order chi connectivity index (χ0) is 28.8. The molecule has 2 heterocycles. The molecule has 2 aromatic heterocycles. The van der Waals surface area contributed by atoms with Crippen LogP contribution in [-0.4, -0.2) is 58.9 Å². The van der Waals surface area contributed by atoms with E-state index in [9.17, 15) is 18.0 Å². The molecule has 0 amide bonds. The molecule has 0 unspecified atom stereocenters. The highest BCUT2D eigenvalue weighted by atomic mass is 79.9. The molecule has 0 saturated heterocycles. The summed E-state index contributed by atoms with van der Waals surface area (Å²) in [7, 11) is -4.01. The van der Waals surface area contributed by atoms with Crippen LogP contribution in [0, 0.1) is 6.92 Å². The van der Waals surface area contributed by atoms with Crippen LogP contribution in [0.4, 0.5) is 0 Å². The van der Waals surface area contributed by atoms with Gasteiger partial charge >= 0.3 is 11.9 Å². The van der Waals surface area contributed by atoms with Crippen molar-refractivity contribution in [1.82, 2.24) is 19.3 Å². The van der Waals surface area contributed by atoms with Gasteiger partial charge in [-0.15, -0.1) is 11.8 Å². The van der Waals surface area contributed by atoms with Crippen LogP contribution in [0.15, 0.2) is 50.9 Å². The number of nitrogens with one attached hydrogen (secondary N) is 1. The average molecular weight is 642 g/mol. The smallest absolute Gasteiger partial charge is 0.325 e. The minimum atomic E-state index is -4.01. The van der Waals surface area contributed by atoms with Gasteiger partial charge in [-0.05, 0) is 71.4 Å². The van der Waals surface area contributed by atoms with Crippen molar-refractivity contribution in [2.24, 2.45) is 0 Å². The van der Waals surface area contributed by atoms with E-state index < -0.39 is 27.6 Å². The number of thioether (sulfide) groups is 1. The number of nitrogens with zero attached hydrogens (tertiary/aromatic N) is 3. The van der Waals surface area contributed by atoms with E-state index in [1.165, 1.54) is 23.9 Å². The van der Waals surface area contributed by atoms with Gasteiger partial charge in [0.2, 0.25) is 10.0 Å². The monoisotopic (exact) mass is 640 g/mol. The molecule has 0 bridgehead atoms. The van der Waals surface area contributed by atoms with Gasteiger partial charge in [-0.25, -0.2) is 18.4 Å². The summed E-state index contributed by atoms with van der Waals surface area (Å²) in [5, 5.41) is 1.37. The summed E-state index contributed by atoms with van der Waals surface area (Å²) in [5.74, 6) is -0.354. The number of esters is 2. The Balaban J connectivity index is 1.82. The average Bonchev–Trinajstić information content (AvgIpc) is 3.23. The van der Waals surface area contributed by atoms with Crippen molar-refractivity contribution in [2.45, 2.75) is 75.6 Å². The zero-order valence-corrected chi connectivity index (χ0v) is 25.8. The highest BCUT2D eigenvalue weighted by Gasteiger charge is 2.30. The van der Waals surface area contributed by atoms with E-state index in [0.717, 1.165) is 9.86 Å². The Bertz CT molecular complexity index is 1420. The number of carbonyl (C=O) groups excluding carboxylic acids is 2. The summed E-state index contributed by atoms with van der Waals surface area (Å²) < 4.78 is 41.9. The van der Waals surface area contributed by atoms with Gasteiger partial charge in [0, 0.05) is 29.4 Å². The fourth-order valence-corrected chi connectivity index (χ4v) is 6.22. The van der Waals surface area contributed by atoms with E-state index in [-0.39, 0.29) is 16.6 Å². The predicted octanol–water partition coefficient (Wildman–Crippen LogP) is 4.63. The van der Waals surface area contributed by atoms with Crippen molar-refractivity contribution in [2.75, 3.05) is 12.4 Å². The van der Waals surface area contributed by atoms with Crippen LogP contribution in [-0.2, 0) is 35.6 Å². The number of carbonyl (C=O) groups is 2. The summed E-state index contributed by atoms with van der Waals surface area (Å²) in [6, 6.07) is 6.84. The minimum Gasteiger partial charge on any atom is -0.466 e. The quantitative estimate of drug-likeness (QED) is 0.171. The van der Waals surface area contributed by atoms with E-state index in [1.807, 2.05) is 16.8 Å². The normalized spacial score (nSPS) is 12.9. The zero-order valence-electron chi connectivity index (χ0n) is 22.6. The lowest BCUT2D eigenvalue weighted by atomic mass is 10.2. The lowest BCUT2D eigenvalue weighted by Gasteiger charge is -2.24. The van der Waals surface area contributed by atoms with Crippen molar-refractivity contribution in [3.05, 3.63) is 46.8 Å². The maximum atomic E-state index is 13.1.